The lowest BCUT2D eigenvalue weighted by Gasteiger charge is -2.62. The van der Waals surface area contributed by atoms with Crippen molar-refractivity contribution in [3.8, 4) is 0 Å². The van der Waals surface area contributed by atoms with Crippen LogP contribution < -0.4 is 5.32 Å². The second kappa shape index (κ2) is 12.8. The molecule has 1 aromatic heterocycles. The summed E-state index contributed by atoms with van der Waals surface area (Å²) in [5.41, 5.74) is 0.0824. The van der Waals surface area contributed by atoms with Crippen LogP contribution >= 0.6 is 22.9 Å². The molecule has 0 saturated heterocycles. The third-order valence-corrected chi connectivity index (χ3v) is 13.6. The Morgan fingerprint density at radius 1 is 1.12 bits per heavy atom. The number of aliphatic carboxylic acids is 1. The number of hydrogen-bond donors (Lipinski definition) is 2. The first kappa shape index (κ1) is 32.5. The maximum Gasteiger partial charge on any atom is 0.306 e. The van der Waals surface area contributed by atoms with Gasteiger partial charge in [0.05, 0.1) is 23.2 Å². The molecular weight excluding hydrogens is 586 g/mol. The molecule has 4 aliphatic carbocycles. The molecule has 0 unspecified atom stereocenters. The molecule has 7 nitrogen and oxygen atoms in total. The van der Waals surface area contributed by atoms with E-state index in [0.29, 0.717) is 49.2 Å². The van der Waals surface area contributed by atoms with E-state index in [4.69, 9.17) is 21.4 Å². The lowest BCUT2D eigenvalue weighted by molar-refractivity contribution is -0.191. The quantitative estimate of drug-likeness (QED) is 0.257. The third-order valence-electron chi connectivity index (χ3n) is 12.2. The van der Waals surface area contributed by atoms with Crippen molar-refractivity contribution < 1.29 is 29.0 Å². The number of fused-ring (bicyclic) bond motifs is 5. The summed E-state index contributed by atoms with van der Waals surface area (Å²) in [6, 6.07) is 3.84. The molecule has 0 aliphatic heterocycles. The van der Waals surface area contributed by atoms with Crippen molar-refractivity contribution in [2.75, 3.05) is 0 Å². The summed E-state index contributed by atoms with van der Waals surface area (Å²) in [5, 5.41) is 12.4. The van der Waals surface area contributed by atoms with E-state index in [9.17, 15) is 19.2 Å². The van der Waals surface area contributed by atoms with Gasteiger partial charge in [-0.2, -0.15) is 0 Å². The van der Waals surface area contributed by atoms with Gasteiger partial charge in [-0.25, -0.2) is 0 Å². The Bertz CT molecular complexity index is 1230. The molecule has 1 heterocycles. The number of thiophene rings is 1. The van der Waals surface area contributed by atoms with Crippen LogP contribution in [0, 0.1) is 46.3 Å². The fourth-order valence-electron chi connectivity index (χ4n) is 10.1. The summed E-state index contributed by atoms with van der Waals surface area (Å²) in [5.74, 6) is 0.668. The first-order valence-corrected chi connectivity index (χ1v) is 17.5. The maximum absolute atomic E-state index is 13.3. The Balaban J connectivity index is 1.33. The number of carboxylic acids is 1. The highest BCUT2D eigenvalue weighted by atomic mass is 35.5. The molecule has 1 amide bonds. The number of ketones is 1. The topological polar surface area (TPSA) is 110 Å². The minimum Gasteiger partial charge on any atom is -0.481 e. The zero-order chi connectivity index (χ0) is 31.1. The molecule has 10 atom stereocenters. The highest BCUT2D eigenvalue weighted by Gasteiger charge is 2.64. The van der Waals surface area contributed by atoms with Crippen molar-refractivity contribution in [2.45, 2.75) is 117 Å². The average molecular weight is 634 g/mol. The number of hydrogen-bond acceptors (Lipinski definition) is 6. The van der Waals surface area contributed by atoms with Crippen LogP contribution in [0.15, 0.2) is 12.1 Å². The van der Waals surface area contributed by atoms with Gasteiger partial charge in [0.1, 0.15) is 11.9 Å². The van der Waals surface area contributed by atoms with Gasteiger partial charge in [-0.15, -0.1) is 11.3 Å². The number of Topliss-reactive ketones (excluding diaryl/α,β-unsaturated/α-hetero) is 1. The van der Waals surface area contributed by atoms with Crippen molar-refractivity contribution in [2.24, 2.45) is 46.3 Å². The van der Waals surface area contributed by atoms with Gasteiger partial charge in [-0.05, 0) is 97.5 Å². The number of amides is 1. The molecule has 4 saturated carbocycles. The molecule has 0 radical (unpaired) electrons. The van der Waals surface area contributed by atoms with Crippen molar-refractivity contribution in [1.82, 2.24) is 5.32 Å². The van der Waals surface area contributed by atoms with Crippen molar-refractivity contribution >= 4 is 46.6 Å². The van der Waals surface area contributed by atoms with E-state index >= 15 is 0 Å². The monoisotopic (exact) mass is 633 g/mol. The van der Waals surface area contributed by atoms with Crippen molar-refractivity contribution in [1.29, 1.82) is 0 Å². The number of rotatable bonds is 10. The fourth-order valence-corrected chi connectivity index (χ4v) is 11.3. The molecule has 4 aliphatic rings. The maximum atomic E-state index is 13.3. The van der Waals surface area contributed by atoms with Gasteiger partial charge in [0.2, 0.25) is 5.91 Å². The predicted molar refractivity (Wildman–Crippen MR) is 167 cm³/mol. The summed E-state index contributed by atoms with van der Waals surface area (Å²) in [4.78, 5) is 50.9. The number of carboxylic acid groups (broad SMARTS) is 1. The smallest absolute Gasteiger partial charge is 0.306 e. The zero-order valence-electron chi connectivity index (χ0n) is 26.0. The summed E-state index contributed by atoms with van der Waals surface area (Å²) in [6.07, 6.45) is 7.60. The normalized spacial score (nSPS) is 36.5. The van der Waals surface area contributed by atoms with Gasteiger partial charge < -0.3 is 15.2 Å². The number of halogens is 1. The van der Waals surface area contributed by atoms with E-state index in [0.717, 1.165) is 47.7 Å². The standard InChI is InChI=1S/C34H48ClNO6S/c1-5-25(27-8-9-28(35)43-27)36-29(38)16-19(2)22-6-7-23-32-24(13-15-34(22,23)4)33(3)14-12-21(37)17-20(33)18-26(32)42-31(41)11-10-30(39)40/h8-9,19-20,22-26,32H,5-7,10-18H2,1-4H3,(H,36,38)(H,39,40)/t19-,20+,22-,23+,24+,25-,26-,32+,33+,34-/m1/s1. The fraction of sp³-hybridized carbons (Fsp3) is 0.765. The van der Waals surface area contributed by atoms with Crippen LogP contribution in [0.5, 0.6) is 0 Å². The Hall–Kier alpha value is -1.93. The first-order valence-electron chi connectivity index (χ1n) is 16.3. The van der Waals surface area contributed by atoms with Crippen LogP contribution in [0.25, 0.3) is 0 Å². The van der Waals surface area contributed by atoms with E-state index < -0.39 is 11.9 Å². The Morgan fingerprint density at radius 3 is 2.53 bits per heavy atom. The van der Waals surface area contributed by atoms with E-state index in [1.165, 1.54) is 11.3 Å². The molecule has 0 spiro atoms. The van der Waals surface area contributed by atoms with Crippen LogP contribution in [-0.4, -0.2) is 34.8 Å². The zero-order valence-corrected chi connectivity index (χ0v) is 27.6. The molecule has 238 valence electrons. The summed E-state index contributed by atoms with van der Waals surface area (Å²) in [7, 11) is 0. The van der Waals surface area contributed by atoms with Gasteiger partial charge in [0.15, 0.2) is 0 Å². The van der Waals surface area contributed by atoms with E-state index in [-0.39, 0.29) is 59.5 Å². The molecule has 4 fully saturated rings. The molecule has 0 bridgehead atoms. The Labute approximate surface area is 264 Å². The highest BCUT2D eigenvalue weighted by Crippen LogP contribution is 2.68. The van der Waals surface area contributed by atoms with Crippen molar-refractivity contribution in [3.05, 3.63) is 21.3 Å². The molecule has 0 aromatic carbocycles. The molecule has 9 heteroatoms. The summed E-state index contributed by atoms with van der Waals surface area (Å²) >= 11 is 7.67. The van der Waals surface area contributed by atoms with Crippen LogP contribution in [0.2, 0.25) is 4.34 Å². The highest BCUT2D eigenvalue weighted by molar-refractivity contribution is 7.16. The van der Waals surface area contributed by atoms with Crippen LogP contribution in [0.4, 0.5) is 0 Å². The largest absolute Gasteiger partial charge is 0.481 e. The van der Waals surface area contributed by atoms with Gasteiger partial charge in [0, 0.05) is 30.1 Å². The SMILES string of the molecule is CC[C@@H](NC(=O)C[C@@H](C)[C@H]1CC[C@H]2[C@@H]3[C@H](OC(=O)CCC(=O)O)C[C@@H]4CC(=O)CC[C@]4(C)[C@H]3CC[C@]12C)c1ccc(Cl)s1. The molecule has 5 rings (SSSR count). The minimum absolute atomic E-state index is 0.0329. The second-order valence-electron chi connectivity index (χ2n) is 14.5. The summed E-state index contributed by atoms with van der Waals surface area (Å²) < 4.78 is 6.89. The number of carbonyl (C=O) groups is 4. The van der Waals surface area contributed by atoms with E-state index in [1.54, 1.807) is 0 Å². The van der Waals surface area contributed by atoms with Crippen LogP contribution in [0.1, 0.15) is 116 Å². The first-order chi connectivity index (χ1) is 20.4. The van der Waals surface area contributed by atoms with Gasteiger partial charge >= 0.3 is 11.9 Å². The predicted octanol–water partition coefficient (Wildman–Crippen LogP) is 7.61. The van der Waals surface area contributed by atoms with Gasteiger partial charge in [-0.1, -0.05) is 39.3 Å². The average Bonchev–Trinajstić information content (AvgIpc) is 3.54. The Kier molecular flexibility index (Phi) is 9.68. The number of carbonyl (C=O) groups excluding carboxylic acids is 3. The minimum atomic E-state index is -1.00. The second-order valence-corrected chi connectivity index (χ2v) is 16.2. The lowest BCUT2D eigenvalue weighted by atomic mass is 9.43. The van der Waals surface area contributed by atoms with Gasteiger partial charge in [0.25, 0.3) is 0 Å². The van der Waals surface area contributed by atoms with Gasteiger partial charge in [-0.3, -0.25) is 19.2 Å². The number of esters is 1. The lowest BCUT2D eigenvalue weighted by Crippen LogP contribution is -2.59. The Morgan fingerprint density at radius 2 is 1.86 bits per heavy atom. The van der Waals surface area contributed by atoms with Crippen LogP contribution in [0.3, 0.4) is 0 Å². The van der Waals surface area contributed by atoms with Crippen LogP contribution in [-0.2, 0) is 23.9 Å². The summed E-state index contributed by atoms with van der Waals surface area (Å²) in [6.45, 7) is 9.08. The van der Waals surface area contributed by atoms with Crippen molar-refractivity contribution in [3.63, 3.8) is 0 Å². The number of ether oxygens (including phenoxy) is 1. The molecule has 43 heavy (non-hydrogen) atoms. The molecule has 2 N–H and O–H groups in total. The van der Waals surface area contributed by atoms with E-state index in [2.05, 4.69) is 33.0 Å². The number of nitrogens with one attached hydrogen (secondary N) is 1. The molecule has 1 aromatic rings. The molecular formula is C34H48ClNO6S. The van der Waals surface area contributed by atoms with E-state index in [1.807, 2.05) is 12.1 Å². The third kappa shape index (κ3) is 6.43.